The van der Waals surface area contributed by atoms with E-state index in [1.807, 2.05) is 19.9 Å². The maximum absolute atomic E-state index is 12.6. The van der Waals surface area contributed by atoms with Crippen LogP contribution in [0.1, 0.15) is 69.7 Å². The molecule has 6 nitrogen and oxygen atoms in total. The summed E-state index contributed by atoms with van der Waals surface area (Å²) in [5.74, 6) is -0.0506. The first kappa shape index (κ1) is 23.3. The van der Waals surface area contributed by atoms with Crippen LogP contribution in [0.15, 0.2) is 11.1 Å². The van der Waals surface area contributed by atoms with Crippen molar-refractivity contribution in [1.29, 1.82) is 5.26 Å². The topological polar surface area (TPSA) is 92.1 Å². The third kappa shape index (κ3) is 5.66. The number of rotatable bonds is 6. The number of nitrogens with zero attached hydrogens (tertiary/aromatic N) is 2. The third-order valence-corrected chi connectivity index (χ3v) is 7.49. The van der Waals surface area contributed by atoms with Crippen LogP contribution in [0.3, 0.4) is 0 Å². The lowest BCUT2D eigenvalue weighted by Crippen LogP contribution is -2.15. The molecule has 1 aliphatic rings. The van der Waals surface area contributed by atoms with Gasteiger partial charge in [-0.3, -0.25) is 4.79 Å². The van der Waals surface area contributed by atoms with Crippen LogP contribution in [0.5, 0.6) is 0 Å². The largest absolute Gasteiger partial charge is 0.465 e. The summed E-state index contributed by atoms with van der Waals surface area (Å²) in [7, 11) is 1.38. The smallest absolute Gasteiger partial charge is 0.341 e. The highest BCUT2D eigenvalue weighted by atomic mass is 32.2. The number of aryl methyl sites for hydroxylation is 3. The van der Waals surface area contributed by atoms with Crippen molar-refractivity contribution in [3.05, 3.63) is 38.9 Å². The number of thiophene rings is 1. The number of amides is 1. The van der Waals surface area contributed by atoms with Gasteiger partial charge < -0.3 is 10.1 Å². The van der Waals surface area contributed by atoms with E-state index in [-0.39, 0.29) is 18.3 Å². The van der Waals surface area contributed by atoms with Gasteiger partial charge in [-0.25, -0.2) is 9.78 Å². The van der Waals surface area contributed by atoms with Crippen molar-refractivity contribution < 1.29 is 14.3 Å². The standard InChI is InChI=1S/C23H27N3O3S2/c1-14-12-15(2)25-21(17(14)13-24)30-11-10-19(27)26-22-20(23(28)29-3)16-8-6-4-5-7-9-18(16)31-22/h12H,4-11H2,1-3H3,(H,26,27). The molecule has 0 saturated heterocycles. The zero-order valence-electron chi connectivity index (χ0n) is 18.2. The molecule has 31 heavy (non-hydrogen) atoms. The molecule has 3 rings (SSSR count). The molecule has 0 bridgehead atoms. The molecule has 0 aliphatic heterocycles. The number of methoxy groups -OCH3 is 1. The summed E-state index contributed by atoms with van der Waals surface area (Å²) in [4.78, 5) is 30.7. The number of anilines is 1. The highest BCUT2D eigenvalue weighted by Crippen LogP contribution is 2.37. The van der Waals surface area contributed by atoms with Gasteiger partial charge in [-0.2, -0.15) is 5.26 Å². The SMILES string of the molecule is COC(=O)c1c(NC(=O)CCSc2nc(C)cc(C)c2C#N)sc2c1CCCCCC2. The van der Waals surface area contributed by atoms with Crippen LogP contribution in [0.25, 0.3) is 0 Å². The van der Waals surface area contributed by atoms with E-state index in [0.29, 0.717) is 26.9 Å². The Morgan fingerprint density at radius 1 is 1.26 bits per heavy atom. The predicted octanol–water partition coefficient (Wildman–Crippen LogP) is 5.20. The van der Waals surface area contributed by atoms with Crippen molar-refractivity contribution in [3.63, 3.8) is 0 Å². The van der Waals surface area contributed by atoms with E-state index in [2.05, 4.69) is 16.4 Å². The van der Waals surface area contributed by atoms with Crippen LogP contribution in [0, 0.1) is 25.2 Å². The number of ether oxygens (including phenoxy) is 1. The maximum atomic E-state index is 12.6. The number of carbonyl (C=O) groups is 2. The minimum absolute atomic E-state index is 0.158. The number of carbonyl (C=O) groups excluding carboxylic acids is 2. The van der Waals surface area contributed by atoms with E-state index in [1.54, 1.807) is 0 Å². The molecule has 0 unspecified atom stereocenters. The second kappa shape index (κ2) is 10.8. The van der Waals surface area contributed by atoms with Gasteiger partial charge in [0.1, 0.15) is 16.1 Å². The zero-order chi connectivity index (χ0) is 22.4. The van der Waals surface area contributed by atoms with Crippen LogP contribution in [0.2, 0.25) is 0 Å². The molecule has 2 aromatic rings. The Morgan fingerprint density at radius 2 is 2.00 bits per heavy atom. The zero-order valence-corrected chi connectivity index (χ0v) is 19.8. The molecule has 0 spiro atoms. The molecule has 1 N–H and O–H groups in total. The Balaban J connectivity index is 1.70. The molecule has 0 saturated carbocycles. The fourth-order valence-corrected chi connectivity index (χ4v) is 6.13. The summed E-state index contributed by atoms with van der Waals surface area (Å²) in [6, 6.07) is 4.08. The van der Waals surface area contributed by atoms with Gasteiger partial charge in [-0.1, -0.05) is 12.8 Å². The lowest BCUT2D eigenvalue weighted by Gasteiger charge is -2.11. The quantitative estimate of drug-likeness (QED) is 0.474. The minimum atomic E-state index is -0.388. The van der Waals surface area contributed by atoms with E-state index in [4.69, 9.17) is 4.74 Å². The average Bonchev–Trinajstić information content (AvgIpc) is 3.03. The van der Waals surface area contributed by atoms with E-state index in [0.717, 1.165) is 48.9 Å². The lowest BCUT2D eigenvalue weighted by molar-refractivity contribution is -0.115. The second-order valence-corrected chi connectivity index (χ2v) is 9.82. The normalized spacial score (nSPS) is 13.5. The van der Waals surface area contributed by atoms with Gasteiger partial charge in [0.2, 0.25) is 5.91 Å². The van der Waals surface area contributed by atoms with Crippen molar-refractivity contribution >= 4 is 40.0 Å². The highest BCUT2D eigenvalue weighted by Gasteiger charge is 2.25. The number of nitrogens with one attached hydrogen (secondary N) is 1. The molecule has 0 atom stereocenters. The van der Waals surface area contributed by atoms with Crippen molar-refractivity contribution in [2.24, 2.45) is 0 Å². The Morgan fingerprint density at radius 3 is 2.71 bits per heavy atom. The maximum Gasteiger partial charge on any atom is 0.341 e. The number of esters is 1. The third-order valence-electron chi connectivity index (χ3n) is 5.30. The van der Waals surface area contributed by atoms with Gasteiger partial charge in [0, 0.05) is 22.7 Å². The van der Waals surface area contributed by atoms with Gasteiger partial charge in [0.15, 0.2) is 0 Å². The van der Waals surface area contributed by atoms with Gasteiger partial charge in [-0.05, 0) is 56.7 Å². The average molecular weight is 458 g/mol. The number of hydrogen-bond acceptors (Lipinski definition) is 7. The number of nitriles is 1. The fourth-order valence-electron chi connectivity index (χ4n) is 3.80. The molecule has 1 amide bonds. The van der Waals surface area contributed by atoms with Gasteiger partial charge in [0.05, 0.1) is 18.2 Å². The molecule has 2 heterocycles. The van der Waals surface area contributed by atoms with Crippen LogP contribution in [0.4, 0.5) is 5.00 Å². The Labute approximate surface area is 191 Å². The van der Waals surface area contributed by atoms with Crippen LogP contribution in [-0.2, 0) is 22.4 Å². The first-order valence-corrected chi connectivity index (χ1v) is 12.3. The molecule has 0 radical (unpaired) electrons. The van der Waals surface area contributed by atoms with Crippen LogP contribution >= 0.6 is 23.1 Å². The van der Waals surface area contributed by atoms with E-state index in [9.17, 15) is 14.9 Å². The van der Waals surface area contributed by atoms with Gasteiger partial charge >= 0.3 is 5.97 Å². The summed E-state index contributed by atoms with van der Waals surface area (Å²) in [6.45, 7) is 3.78. The number of aromatic nitrogens is 1. The summed E-state index contributed by atoms with van der Waals surface area (Å²) >= 11 is 2.91. The summed E-state index contributed by atoms with van der Waals surface area (Å²) in [5.41, 5.74) is 3.86. The summed E-state index contributed by atoms with van der Waals surface area (Å²) in [6.07, 6.45) is 6.53. The number of pyridine rings is 1. The van der Waals surface area contributed by atoms with E-state index < -0.39 is 0 Å². The molecule has 0 fully saturated rings. The molecule has 8 heteroatoms. The first-order chi connectivity index (χ1) is 14.9. The Bertz CT molecular complexity index is 1020. The summed E-state index contributed by atoms with van der Waals surface area (Å²) < 4.78 is 5.02. The summed E-state index contributed by atoms with van der Waals surface area (Å²) in [5, 5.41) is 13.6. The second-order valence-electron chi connectivity index (χ2n) is 7.63. The molecule has 2 aromatic heterocycles. The van der Waals surface area contributed by atoms with Crippen molar-refractivity contribution in [1.82, 2.24) is 4.98 Å². The number of hydrogen-bond donors (Lipinski definition) is 1. The Hall–Kier alpha value is -2.37. The van der Waals surface area contributed by atoms with Gasteiger partial charge in [-0.15, -0.1) is 23.1 Å². The van der Waals surface area contributed by atoms with Gasteiger partial charge in [0.25, 0.3) is 0 Å². The van der Waals surface area contributed by atoms with Crippen molar-refractivity contribution in [2.45, 2.75) is 63.8 Å². The van der Waals surface area contributed by atoms with Crippen molar-refractivity contribution in [3.8, 4) is 6.07 Å². The predicted molar refractivity (Wildman–Crippen MR) is 124 cm³/mol. The molecular weight excluding hydrogens is 430 g/mol. The molecule has 164 valence electrons. The fraction of sp³-hybridized carbons (Fsp3) is 0.478. The molecular formula is C23H27N3O3S2. The number of fused-ring (bicyclic) bond motifs is 1. The van der Waals surface area contributed by atoms with E-state index in [1.165, 1.54) is 41.5 Å². The highest BCUT2D eigenvalue weighted by molar-refractivity contribution is 7.99. The van der Waals surface area contributed by atoms with Crippen LogP contribution < -0.4 is 5.32 Å². The minimum Gasteiger partial charge on any atom is -0.465 e. The van der Waals surface area contributed by atoms with E-state index >= 15 is 0 Å². The Kier molecular flexibility index (Phi) is 8.10. The molecule has 0 aromatic carbocycles. The number of thioether (sulfide) groups is 1. The van der Waals surface area contributed by atoms with Crippen molar-refractivity contribution in [2.75, 3.05) is 18.2 Å². The first-order valence-electron chi connectivity index (χ1n) is 10.5. The van der Waals surface area contributed by atoms with Crippen LogP contribution in [-0.4, -0.2) is 29.7 Å². The monoisotopic (exact) mass is 457 g/mol. The lowest BCUT2D eigenvalue weighted by atomic mass is 9.96. The molecule has 1 aliphatic carbocycles.